The average Bonchev–Trinajstić information content (AvgIpc) is 0.949. The summed E-state index contributed by atoms with van der Waals surface area (Å²) in [5.41, 5.74) is 2.39. The number of alkyl halides is 6. The fourth-order valence-corrected chi connectivity index (χ4v) is 23.4. The Kier molecular flexibility index (Phi) is 30.7. The summed E-state index contributed by atoms with van der Waals surface area (Å²) in [6, 6.07) is 53.5. The molecule has 14 aromatic heterocycles. The highest BCUT2D eigenvalue weighted by Crippen LogP contribution is 2.45. The molecule has 14 heterocycles. The van der Waals surface area contributed by atoms with Crippen LogP contribution in [0.5, 0.6) is 5.75 Å². The number of hydrogen-bond donors (Lipinski definition) is 5. The van der Waals surface area contributed by atoms with Gasteiger partial charge in [-0.15, -0.1) is 96.3 Å². The Morgan fingerprint density at radius 1 is 0.348 bits per heavy atom. The molecule has 25 nitrogen and oxygen atoms in total. The van der Waals surface area contributed by atoms with Crippen LogP contribution < -0.4 is 31.3 Å². The first-order valence-electron chi connectivity index (χ1n) is 37.3. The van der Waals surface area contributed by atoms with Crippen LogP contribution in [0.1, 0.15) is 49.8 Å². The Morgan fingerprint density at radius 3 is 1.16 bits per heavy atom. The minimum Gasteiger partial charge on any atom is -0.495 e. The largest absolute Gasteiger partial charge is 0.495 e. The minimum absolute atomic E-state index is 0.177. The number of hydrogen-bond acceptors (Lipinski definition) is 35. The molecule has 0 spiro atoms. The number of halogens is 9. The second-order valence-corrected chi connectivity index (χ2v) is 41.9. The summed E-state index contributed by atoms with van der Waals surface area (Å²) in [6.45, 7) is 0. The third kappa shape index (κ3) is 24.4. The predicted octanol–water partition coefficient (Wildman–Crippen LogP) is 26.7. The summed E-state index contributed by atoms with van der Waals surface area (Å²) < 4.78 is 99.9. The van der Waals surface area contributed by atoms with Crippen LogP contribution in [0.15, 0.2) is 293 Å². The van der Waals surface area contributed by atoms with Crippen molar-refractivity contribution >= 4 is 294 Å². The number of thiophene rings is 4. The van der Waals surface area contributed by atoms with E-state index in [0.29, 0.717) is 105 Å². The van der Waals surface area contributed by atoms with Gasteiger partial charge in [-0.25, -0.2) is 4.39 Å². The van der Waals surface area contributed by atoms with Gasteiger partial charge in [0.2, 0.25) is 25.7 Å². The van der Waals surface area contributed by atoms with E-state index >= 15 is 0 Å². The summed E-state index contributed by atoms with van der Waals surface area (Å²) in [6.07, 6.45) is -0.720. The molecule has 0 aliphatic heterocycles. The first kappa shape index (κ1) is 93.5. The van der Waals surface area contributed by atoms with Crippen LogP contribution in [0.25, 0.3) is 54.5 Å². The van der Waals surface area contributed by atoms with Crippen molar-refractivity contribution < 1.29 is 54.6 Å². The average molecular weight is 2070 g/mol. The highest BCUT2D eigenvalue weighted by atomic mass is 35.5. The number of para-hydroxylation sites is 3. The van der Waals surface area contributed by atoms with Gasteiger partial charge < -0.3 is 10.1 Å². The van der Waals surface area contributed by atoms with Crippen LogP contribution >= 0.6 is 184 Å². The third-order valence-electron chi connectivity index (χ3n) is 17.3. The van der Waals surface area contributed by atoms with Crippen molar-refractivity contribution in [3.63, 3.8) is 0 Å². The SMILES string of the molecule is COc1ccccc1Nc1nnc(Sc2ccnc3cc(Cl)ccc23)s1.O=C(Nc1nnc(Sc2ccnc3c(Cl)cccc23)s1)c1cccs1.O=C(Nc1nnc(Sc2ccnc3cc(C(F)(F)F)ccc23)s1)c1cccs1.O=C(Nc1nnc(Sc2ccnc3ccc(C(F)(F)F)cc23)s1)c1cccs1.O=C(Nc1nnc(Sc2ccnc3ccc(F)cc23)s1)c1cccs1. The molecular formula is C84H49Cl2F7N20O5S14. The van der Waals surface area contributed by atoms with Gasteiger partial charge >= 0.3 is 12.4 Å². The lowest BCUT2D eigenvalue weighted by Gasteiger charge is -2.09. The smallest absolute Gasteiger partial charge is 0.416 e. The fraction of sp³-hybridized carbons (Fsp3) is 0.0357. The molecule has 0 aliphatic rings. The van der Waals surface area contributed by atoms with Gasteiger partial charge in [-0.3, -0.25) is 65.4 Å². The third-order valence-corrected chi connectivity index (χ3v) is 31.1. The van der Waals surface area contributed by atoms with Crippen molar-refractivity contribution in [1.82, 2.24) is 75.9 Å². The van der Waals surface area contributed by atoms with E-state index in [1.807, 2.05) is 95.7 Å². The molecule has 5 N–H and O–H groups in total. The monoisotopic (exact) mass is 2070 g/mol. The molecule has 0 saturated heterocycles. The summed E-state index contributed by atoms with van der Waals surface area (Å²) in [5, 5.41) is 69.2. The number of rotatable bonds is 21. The fourth-order valence-electron chi connectivity index (χ4n) is 11.5. The number of amides is 4. The summed E-state index contributed by atoms with van der Waals surface area (Å²) in [5.74, 6) is -0.496. The maximum absolute atomic E-state index is 13.5. The highest BCUT2D eigenvalue weighted by Gasteiger charge is 2.33. The maximum Gasteiger partial charge on any atom is 0.416 e. The number of nitrogens with zero attached hydrogens (tertiary/aromatic N) is 15. The minimum atomic E-state index is -4.44. The van der Waals surface area contributed by atoms with Crippen molar-refractivity contribution in [2.24, 2.45) is 0 Å². The lowest BCUT2D eigenvalue weighted by Crippen LogP contribution is -2.09. The van der Waals surface area contributed by atoms with E-state index in [1.54, 1.807) is 109 Å². The van der Waals surface area contributed by atoms with Crippen molar-refractivity contribution in [1.29, 1.82) is 0 Å². The van der Waals surface area contributed by atoms with Gasteiger partial charge in [0.1, 0.15) is 11.6 Å². The van der Waals surface area contributed by atoms with Crippen LogP contribution in [0.2, 0.25) is 10.0 Å². The number of carbonyl (C=O) groups is 4. The molecule has 0 aliphatic carbocycles. The Balaban J connectivity index is 0.000000120. The second kappa shape index (κ2) is 43.3. The molecule has 0 fully saturated rings. The van der Waals surface area contributed by atoms with Gasteiger partial charge in [0, 0.05) is 87.4 Å². The summed E-state index contributed by atoms with van der Waals surface area (Å²) in [4.78, 5) is 75.8. The van der Waals surface area contributed by atoms with Gasteiger partial charge in [-0.2, -0.15) is 26.3 Å². The number of ether oxygens (including phenoxy) is 1. The quantitative estimate of drug-likeness (QED) is 0.0329. The van der Waals surface area contributed by atoms with E-state index < -0.39 is 23.5 Å². The zero-order valence-electron chi connectivity index (χ0n) is 66.0. The van der Waals surface area contributed by atoms with E-state index in [4.69, 9.17) is 27.9 Å². The molecule has 0 atom stereocenters. The summed E-state index contributed by atoms with van der Waals surface area (Å²) in [7, 11) is 1.64. The lowest BCUT2D eigenvalue weighted by atomic mass is 10.1. The number of carbonyl (C=O) groups excluding carboxylic acids is 4. The number of aromatic nitrogens is 15. The molecule has 0 radical (unpaired) electrons. The van der Waals surface area contributed by atoms with Gasteiger partial charge in [-0.05, 0) is 155 Å². The topological polar surface area (TPSA) is 331 Å². The normalized spacial score (nSPS) is 11.2. The van der Waals surface area contributed by atoms with E-state index in [2.05, 4.69) is 102 Å². The van der Waals surface area contributed by atoms with Crippen LogP contribution in [0.4, 0.5) is 62.1 Å². The number of methoxy groups -OCH3 is 1. The first-order valence-corrected chi connectivity index (χ1v) is 49.8. The Bertz CT molecular complexity index is 7390. The molecule has 132 heavy (non-hydrogen) atoms. The standard InChI is InChI=1S/C18H13ClN4OS2.2C17H9F3N4OS3.C16H9ClN4OS3.C16H9FN4OS3/c1-24-15-5-3-2-4-13(15)21-17-22-23-18(26-17)25-16-8-9-20-14-10-11(19)6-7-12(14)16;18-17(19,20)9-3-4-11-10(8-9)12(5-6-21-11)27-16-24-23-15(28-16)22-14(25)13-2-1-7-26-13;18-17(19,20)9-3-4-10-11(8-9)21-6-5-12(10)27-16-24-23-15(28-16)22-14(25)13-2-1-7-26-13;17-10-4-1-3-9-11(6-7-18-13(9)10)24-16-21-20-15(25-16)19-14(22)12-5-2-8-23-12;17-9-3-4-11-10(8-9)12(5-6-18-11)24-16-21-20-15(25-16)19-14(22)13-2-1-7-23-13/h2-10H,1H3,(H,21,22);2*1-8H,(H,22,23,25);2*1-8H,(H,19,20,22). The molecule has 662 valence electrons. The zero-order chi connectivity index (χ0) is 91.8. The molecule has 6 aromatic carbocycles. The van der Waals surface area contributed by atoms with Gasteiger partial charge in [0.15, 0.2) is 21.7 Å². The molecule has 4 amide bonds. The van der Waals surface area contributed by atoms with E-state index in [1.165, 1.54) is 174 Å². The summed E-state index contributed by atoms with van der Waals surface area (Å²) >= 11 is 30.8. The van der Waals surface area contributed by atoms with E-state index in [-0.39, 0.29) is 35.0 Å². The van der Waals surface area contributed by atoms with Crippen LogP contribution in [0, 0.1) is 5.82 Å². The Morgan fingerprint density at radius 2 is 0.720 bits per heavy atom. The van der Waals surface area contributed by atoms with E-state index in [0.717, 1.165) is 92.2 Å². The van der Waals surface area contributed by atoms with Gasteiger partial charge in [-0.1, -0.05) is 199 Å². The van der Waals surface area contributed by atoms with Crippen molar-refractivity contribution in [3.05, 3.63) is 293 Å². The molecule has 0 bridgehead atoms. The number of anilines is 6. The molecule has 20 rings (SSSR count). The van der Waals surface area contributed by atoms with Crippen molar-refractivity contribution in [2.45, 2.75) is 58.5 Å². The molecular weight excluding hydrogens is 2020 g/mol. The van der Waals surface area contributed by atoms with Gasteiger partial charge in [0.05, 0.1) is 76.0 Å². The number of nitrogens with one attached hydrogen (secondary N) is 5. The number of pyridine rings is 5. The van der Waals surface area contributed by atoms with Crippen molar-refractivity contribution in [3.8, 4) is 5.75 Å². The first-order chi connectivity index (χ1) is 63.9. The molecule has 20 aromatic rings. The van der Waals surface area contributed by atoms with Crippen LogP contribution in [-0.4, -0.2) is 107 Å². The Hall–Kier alpha value is -11.7. The zero-order valence-corrected chi connectivity index (χ0v) is 79.0. The molecule has 0 unspecified atom stereocenters. The lowest BCUT2D eigenvalue weighted by molar-refractivity contribution is -0.138. The maximum atomic E-state index is 13.5. The van der Waals surface area contributed by atoms with Gasteiger partial charge in [0.25, 0.3) is 23.6 Å². The predicted molar refractivity (Wildman–Crippen MR) is 514 cm³/mol. The number of fused-ring (bicyclic) bond motifs is 5. The number of benzene rings is 6. The van der Waals surface area contributed by atoms with Crippen LogP contribution in [-0.2, 0) is 12.4 Å². The molecule has 48 heteroatoms. The van der Waals surface area contributed by atoms with E-state index in [9.17, 15) is 49.9 Å². The Labute approximate surface area is 807 Å². The highest BCUT2D eigenvalue weighted by molar-refractivity contribution is 8.02. The molecule has 0 saturated carbocycles. The second-order valence-electron chi connectivity index (χ2n) is 25.9. The van der Waals surface area contributed by atoms with Crippen molar-refractivity contribution in [2.75, 3.05) is 33.7 Å². The van der Waals surface area contributed by atoms with Crippen LogP contribution in [0.3, 0.4) is 0 Å².